The van der Waals surface area contributed by atoms with Crippen molar-refractivity contribution in [3.8, 4) is 11.5 Å². The van der Waals surface area contributed by atoms with Crippen LogP contribution in [0.1, 0.15) is 41.3 Å². The molecule has 0 aromatic heterocycles. The molecule has 0 saturated heterocycles. The van der Waals surface area contributed by atoms with Gasteiger partial charge in [-0.15, -0.1) is 0 Å². The van der Waals surface area contributed by atoms with Crippen LogP contribution in [0.4, 0.5) is 11.4 Å². The lowest BCUT2D eigenvalue weighted by Crippen LogP contribution is -2.52. The number of nitrogens with two attached hydrogens (primary N) is 1. The molecule has 9 heteroatoms. The lowest BCUT2D eigenvalue weighted by Gasteiger charge is -2.35. The smallest absolute Gasteiger partial charge is 0.257 e. The number of benzene rings is 2. The minimum atomic E-state index is -1.30. The molecule has 2 heterocycles. The van der Waals surface area contributed by atoms with Gasteiger partial charge in [0.05, 0.1) is 25.0 Å². The number of carbonyl (C=O) groups is 2. The molecule has 1 atom stereocenters. The zero-order valence-corrected chi connectivity index (χ0v) is 23.6. The third kappa shape index (κ3) is 5.93. The monoisotopic (exact) mass is 525 g/mol. The van der Waals surface area contributed by atoms with Crippen molar-refractivity contribution < 1.29 is 23.8 Å². The van der Waals surface area contributed by atoms with Crippen LogP contribution in [0.25, 0.3) is 0 Å². The zero-order chi connectivity index (χ0) is 26.7. The first-order valence-electron chi connectivity index (χ1n) is 13.0. The fourth-order valence-electron chi connectivity index (χ4n) is 4.70. The molecule has 0 aliphatic carbocycles. The molecule has 4 rings (SSSR count). The number of methoxy groups -OCH3 is 1. The predicted molar refractivity (Wildman–Crippen MR) is 148 cm³/mol. The molecule has 2 aliphatic rings. The summed E-state index contributed by atoms with van der Waals surface area (Å²) in [6.45, 7) is 10.4. The summed E-state index contributed by atoms with van der Waals surface area (Å²) >= 11 is 0. The number of nitrogens with zero attached hydrogens (tertiary/aromatic N) is 2. The molecule has 37 heavy (non-hydrogen) atoms. The number of rotatable bonds is 10. The van der Waals surface area contributed by atoms with E-state index in [1.807, 2.05) is 18.2 Å². The molecule has 0 spiro atoms. The molecule has 1 unspecified atom stereocenters. The van der Waals surface area contributed by atoms with Crippen LogP contribution in [0.5, 0.6) is 11.5 Å². The first-order valence-corrected chi connectivity index (χ1v) is 16.8. The van der Waals surface area contributed by atoms with E-state index in [0.29, 0.717) is 54.6 Å². The standard InChI is InChI=1S/C28H39N3O5Si/c1-6-7-10-36-26-16-23-22(15-25(26)34-2)27(32)30-17-20-13-21(29)9-8-19(20)14-24(30)28(33)31(23)18-35-11-12-37(3,4)5/h8-9,13,15-16,24H,6-7,10-12,14,17-18,29H2,1-5H3. The van der Waals surface area contributed by atoms with E-state index in [0.717, 1.165) is 30.0 Å². The van der Waals surface area contributed by atoms with Crippen LogP contribution in [0.15, 0.2) is 30.3 Å². The van der Waals surface area contributed by atoms with E-state index in [4.69, 9.17) is 19.9 Å². The van der Waals surface area contributed by atoms with E-state index in [2.05, 4.69) is 26.6 Å². The first kappa shape index (κ1) is 27.0. The van der Waals surface area contributed by atoms with Gasteiger partial charge in [0.1, 0.15) is 12.8 Å². The summed E-state index contributed by atoms with van der Waals surface area (Å²) in [4.78, 5) is 31.3. The molecule has 200 valence electrons. The summed E-state index contributed by atoms with van der Waals surface area (Å²) in [5.74, 6) is 0.602. The fraction of sp³-hybridized carbons (Fsp3) is 0.500. The van der Waals surface area contributed by atoms with E-state index in [-0.39, 0.29) is 18.5 Å². The van der Waals surface area contributed by atoms with Crippen LogP contribution in [0.2, 0.25) is 25.7 Å². The molecule has 2 aromatic carbocycles. The second-order valence-electron chi connectivity index (χ2n) is 11.0. The number of amides is 2. The van der Waals surface area contributed by atoms with Crippen molar-refractivity contribution in [2.75, 3.05) is 37.7 Å². The highest BCUT2D eigenvalue weighted by Crippen LogP contribution is 2.40. The Bertz CT molecular complexity index is 1160. The van der Waals surface area contributed by atoms with E-state index in [1.54, 1.807) is 29.0 Å². The van der Waals surface area contributed by atoms with Gasteiger partial charge in [-0.05, 0) is 41.8 Å². The van der Waals surface area contributed by atoms with E-state index >= 15 is 0 Å². The molecule has 2 amide bonds. The average molecular weight is 526 g/mol. The van der Waals surface area contributed by atoms with E-state index < -0.39 is 14.1 Å². The third-order valence-electron chi connectivity index (χ3n) is 6.95. The average Bonchev–Trinajstić information content (AvgIpc) is 2.93. The van der Waals surface area contributed by atoms with E-state index in [9.17, 15) is 9.59 Å². The third-order valence-corrected chi connectivity index (χ3v) is 8.65. The Morgan fingerprint density at radius 3 is 2.54 bits per heavy atom. The Kier molecular flexibility index (Phi) is 8.13. The van der Waals surface area contributed by atoms with Gasteiger partial charge in [0, 0.05) is 39.4 Å². The molecule has 0 bridgehead atoms. The SMILES string of the molecule is CCCCOc1cc2c(cc1OC)C(=O)N1Cc3cc(N)ccc3CC1C(=O)N2COCC[Si](C)(C)C. The van der Waals surface area contributed by atoms with Crippen LogP contribution in [-0.2, 0) is 22.5 Å². The number of hydrogen-bond donors (Lipinski definition) is 1. The maximum Gasteiger partial charge on any atom is 0.257 e. The van der Waals surface area contributed by atoms with Crippen molar-refractivity contribution in [3.63, 3.8) is 0 Å². The van der Waals surface area contributed by atoms with Gasteiger partial charge in [0.25, 0.3) is 11.8 Å². The van der Waals surface area contributed by atoms with Gasteiger partial charge >= 0.3 is 0 Å². The number of ether oxygens (including phenoxy) is 3. The highest BCUT2D eigenvalue weighted by molar-refractivity contribution is 6.76. The normalized spacial score (nSPS) is 17.2. The number of fused-ring (bicyclic) bond motifs is 3. The molecule has 0 radical (unpaired) electrons. The van der Waals surface area contributed by atoms with Crippen molar-refractivity contribution in [1.29, 1.82) is 0 Å². The van der Waals surface area contributed by atoms with Crippen LogP contribution in [0.3, 0.4) is 0 Å². The Balaban J connectivity index is 1.74. The zero-order valence-electron chi connectivity index (χ0n) is 22.6. The minimum absolute atomic E-state index is 0.0727. The van der Waals surface area contributed by atoms with Gasteiger partial charge in [-0.3, -0.25) is 14.5 Å². The minimum Gasteiger partial charge on any atom is -0.493 e. The highest BCUT2D eigenvalue weighted by atomic mass is 28.3. The van der Waals surface area contributed by atoms with Crippen molar-refractivity contribution in [2.45, 2.75) is 64.5 Å². The molecule has 2 aromatic rings. The summed E-state index contributed by atoms with van der Waals surface area (Å²) in [6, 6.07) is 9.48. The summed E-state index contributed by atoms with van der Waals surface area (Å²) in [5.41, 5.74) is 9.55. The molecular formula is C28H39N3O5Si. The fourth-order valence-corrected chi connectivity index (χ4v) is 5.46. The van der Waals surface area contributed by atoms with E-state index in [1.165, 1.54) is 0 Å². The van der Waals surface area contributed by atoms with Crippen LogP contribution in [0, 0.1) is 0 Å². The van der Waals surface area contributed by atoms with Crippen LogP contribution in [-0.4, -0.2) is 57.9 Å². The lowest BCUT2D eigenvalue weighted by molar-refractivity contribution is -0.124. The molecule has 2 aliphatic heterocycles. The Labute approximate surface area is 220 Å². The van der Waals surface area contributed by atoms with Crippen LogP contribution < -0.4 is 20.1 Å². The van der Waals surface area contributed by atoms with Gasteiger partial charge < -0.3 is 24.8 Å². The number of unbranched alkanes of at least 4 members (excludes halogenated alkanes) is 1. The molecule has 0 fully saturated rings. The molecule has 8 nitrogen and oxygen atoms in total. The van der Waals surface area contributed by atoms with Gasteiger partial charge in [0.15, 0.2) is 11.5 Å². The van der Waals surface area contributed by atoms with Crippen molar-refractivity contribution in [3.05, 3.63) is 47.0 Å². The summed E-state index contributed by atoms with van der Waals surface area (Å²) in [5, 5.41) is 0. The number of hydrogen-bond acceptors (Lipinski definition) is 6. The number of anilines is 2. The Morgan fingerprint density at radius 2 is 1.84 bits per heavy atom. The quantitative estimate of drug-likeness (QED) is 0.275. The second-order valence-corrected chi connectivity index (χ2v) is 16.6. The Hall–Kier alpha value is -3.04. The van der Waals surface area contributed by atoms with Gasteiger partial charge in [-0.2, -0.15) is 0 Å². The molecule has 0 saturated carbocycles. The van der Waals surface area contributed by atoms with Gasteiger partial charge in [-0.1, -0.05) is 39.1 Å². The Morgan fingerprint density at radius 1 is 1.05 bits per heavy atom. The van der Waals surface area contributed by atoms with Crippen molar-refractivity contribution in [1.82, 2.24) is 4.90 Å². The largest absolute Gasteiger partial charge is 0.493 e. The lowest BCUT2D eigenvalue weighted by atomic mass is 9.92. The predicted octanol–water partition coefficient (Wildman–Crippen LogP) is 4.68. The summed E-state index contributed by atoms with van der Waals surface area (Å²) in [7, 11) is 0.253. The van der Waals surface area contributed by atoms with Crippen LogP contribution >= 0.6 is 0 Å². The highest BCUT2D eigenvalue weighted by Gasteiger charge is 2.43. The first-order chi connectivity index (χ1) is 17.6. The maximum atomic E-state index is 14.0. The summed E-state index contributed by atoms with van der Waals surface area (Å²) in [6.07, 6.45) is 2.30. The van der Waals surface area contributed by atoms with Gasteiger partial charge in [-0.25, -0.2) is 0 Å². The summed E-state index contributed by atoms with van der Waals surface area (Å²) < 4.78 is 17.7. The topological polar surface area (TPSA) is 94.3 Å². The van der Waals surface area contributed by atoms with Crippen molar-refractivity contribution >= 4 is 31.3 Å². The second kappa shape index (κ2) is 11.1. The molecular weight excluding hydrogens is 486 g/mol. The number of carbonyl (C=O) groups excluding carboxylic acids is 2. The molecule has 2 N–H and O–H groups in total. The van der Waals surface area contributed by atoms with Crippen molar-refractivity contribution in [2.24, 2.45) is 0 Å². The number of nitrogen functional groups attached to an aromatic ring is 1. The maximum absolute atomic E-state index is 14.0. The van der Waals surface area contributed by atoms with Gasteiger partial charge in [0.2, 0.25) is 0 Å².